The highest BCUT2D eigenvalue weighted by atomic mass is 35.5. The van der Waals surface area contributed by atoms with Gasteiger partial charge in [-0.25, -0.2) is 9.97 Å². The standard InChI is InChI=1S/C28H26Cl2N2O4/c1-17-21(15-35-25-11-9-19(13-33)27(29)31-25)5-3-7-23(17)24-8-4-6-22(18(24)2)16-36-26-12-10-20(14-34)28(30)32-26/h3-12,33-34H,13-16H2,1-2H3. The molecule has 4 rings (SSSR count). The lowest BCUT2D eigenvalue weighted by Crippen LogP contribution is -2.03. The van der Waals surface area contributed by atoms with Crippen molar-refractivity contribution in [2.24, 2.45) is 0 Å². The lowest BCUT2D eigenvalue weighted by atomic mass is 9.92. The molecule has 0 saturated carbocycles. The third kappa shape index (κ3) is 5.79. The molecule has 0 amide bonds. The molecule has 2 N–H and O–H groups in total. The summed E-state index contributed by atoms with van der Waals surface area (Å²) in [5, 5.41) is 19.0. The van der Waals surface area contributed by atoms with Crippen molar-refractivity contribution in [1.82, 2.24) is 9.97 Å². The number of aliphatic hydroxyl groups excluding tert-OH is 2. The number of rotatable bonds is 9. The van der Waals surface area contributed by atoms with Crippen LogP contribution in [0.1, 0.15) is 33.4 Å². The van der Waals surface area contributed by atoms with Gasteiger partial charge in [0.15, 0.2) is 0 Å². The normalized spacial score (nSPS) is 10.9. The molecular weight excluding hydrogens is 499 g/mol. The van der Waals surface area contributed by atoms with E-state index < -0.39 is 0 Å². The van der Waals surface area contributed by atoms with E-state index in [1.54, 1.807) is 24.3 Å². The van der Waals surface area contributed by atoms with Gasteiger partial charge in [-0.3, -0.25) is 0 Å². The Balaban J connectivity index is 1.52. The Morgan fingerprint density at radius 3 is 1.39 bits per heavy atom. The fourth-order valence-electron chi connectivity index (χ4n) is 3.86. The van der Waals surface area contributed by atoms with Crippen LogP contribution < -0.4 is 9.47 Å². The van der Waals surface area contributed by atoms with Crippen molar-refractivity contribution in [2.45, 2.75) is 40.3 Å². The fraction of sp³-hybridized carbons (Fsp3) is 0.214. The zero-order valence-electron chi connectivity index (χ0n) is 20.0. The van der Waals surface area contributed by atoms with Gasteiger partial charge in [0.05, 0.1) is 13.2 Å². The first-order valence-corrected chi connectivity index (χ1v) is 12.1. The Morgan fingerprint density at radius 2 is 1.03 bits per heavy atom. The average molecular weight is 525 g/mol. The van der Waals surface area contributed by atoms with Gasteiger partial charge in [-0.1, -0.05) is 59.6 Å². The summed E-state index contributed by atoms with van der Waals surface area (Å²) in [5.74, 6) is 0.802. The lowest BCUT2D eigenvalue weighted by molar-refractivity contribution is 0.277. The molecule has 6 nitrogen and oxygen atoms in total. The zero-order valence-corrected chi connectivity index (χ0v) is 21.5. The monoisotopic (exact) mass is 524 g/mol. The number of aliphatic hydroxyl groups is 2. The second kappa shape index (κ2) is 11.7. The van der Waals surface area contributed by atoms with E-state index in [9.17, 15) is 10.2 Å². The molecule has 0 saturated heterocycles. The van der Waals surface area contributed by atoms with Gasteiger partial charge in [0.25, 0.3) is 0 Å². The van der Waals surface area contributed by atoms with E-state index in [1.165, 1.54) is 0 Å². The van der Waals surface area contributed by atoms with E-state index in [0.29, 0.717) is 36.1 Å². The van der Waals surface area contributed by atoms with E-state index in [4.69, 9.17) is 32.7 Å². The van der Waals surface area contributed by atoms with E-state index in [0.717, 1.165) is 33.4 Å². The predicted molar refractivity (Wildman–Crippen MR) is 140 cm³/mol. The Hall–Kier alpha value is -3.16. The maximum atomic E-state index is 9.27. The number of ether oxygens (including phenoxy) is 2. The summed E-state index contributed by atoms with van der Waals surface area (Å²) < 4.78 is 11.8. The third-order valence-electron chi connectivity index (χ3n) is 6.07. The number of hydrogen-bond donors (Lipinski definition) is 2. The quantitative estimate of drug-likeness (QED) is 0.253. The number of pyridine rings is 2. The summed E-state index contributed by atoms with van der Waals surface area (Å²) in [6, 6.07) is 19.0. The second-order valence-electron chi connectivity index (χ2n) is 8.27. The summed E-state index contributed by atoms with van der Waals surface area (Å²) in [4.78, 5) is 8.40. The third-order valence-corrected chi connectivity index (χ3v) is 6.73. The molecule has 0 aliphatic heterocycles. The molecule has 4 aromatic rings. The first-order chi connectivity index (χ1) is 17.4. The van der Waals surface area contributed by atoms with Gasteiger partial charge < -0.3 is 19.7 Å². The highest BCUT2D eigenvalue weighted by molar-refractivity contribution is 6.30. The summed E-state index contributed by atoms with van der Waals surface area (Å²) in [5.41, 5.74) is 7.58. The van der Waals surface area contributed by atoms with Crippen LogP contribution in [-0.2, 0) is 26.4 Å². The number of hydrogen-bond acceptors (Lipinski definition) is 6. The van der Waals surface area contributed by atoms with Crippen molar-refractivity contribution in [3.05, 3.63) is 104 Å². The summed E-state index contributed by atoms with van der Waals surface area (Å²) in [6.45, 7) is 4.47. The van der Waals surface area contributed by atoms with Crippen molar-refractivity contribution in [3.63, 3.8) is 0 Å². The van der Waals surface area contributed by atoms with Crippen molar-refractivity contribution in [2.75, 3.05) is 0 Å². The molecule has 0 fully saturated rings. The van der Waals surface area contributed by atoms with Crippen LogP contribution in [0.5, 0.6) is 11.8 Å². The second-order valence-corrected chi connectivity index (χ2v) is 8.99. The van der Waals surface area contributed by atoms with E-state index >= 15 is 0 Å². The predicted octanol–water partition coefficient (Wildman–Crippen LogP) is 6.21. The van der Waals surface area contributed by atoms with E-state index in [1.807, 2.05) is 24.3 Å². The molecule has 2 aromatic heterocycles. The first kappa shape index (κ1) is 25.9. The van der Waals surface area contributed by atoms with Crippen molar-refractivity contribution in [1.29, 1.82) is 0 Å². The van der Waals surface area contributed by atoms with Crippen LogP contribution >= 0.6 is 23.2 Å². The molecule has 2 aromatic carbocycles. The number of halogens is 2. The topological polar surface area (TPSA) is 84.7 Å². The Morgan fingerprint density at radius 1 is 0.611 bits per heavy atom. The fourth-order valence-corrected chi connectivity index (χ4v) is 4.27. The Bertz CT molecular complexity index is 1270. The van der Waals surface area contributed by atoms with Crippen LogP contribution in [0.25, 0.3) is 11.1 Å². The molecule has 186 valence electrons. The minimum Gasteiger partial charge on any atom is -0.473 e. The van der Waals surface area contributed by atoms with Gasteiger partial charge in [-0.15, -0.1) is 0 Å². The largest absolute Gasteiger partial charge is 0.473 e. The molecule has 0 unspecified atom stereocenters. The van der Waals surface area contributed by atoms with Crippen molar-refractivity contribution < 1.29 is 19.7 Å². The van der Waals surface area contributed by atoms with Gasteiger partial charge in [0.2, 0.25) is 11.8 Å². The van der Waals surface area contributed by atoms with E-state index in [-0.39, 0.29) is 23.5 Å². The van der Waals surface area contributed by atoms with Crippen LogP contribution in [0.15, 0.2) is 60.7 Å². The summed E-state index contributed by atoms with van der Waals surface area (Å²) in [7, 11) is 0. The highest BCUT2D eigenvalue weighted by Crippen LogP contribution is 2.31. The SMILES string of the molecule is Cc1c(COc2ccc(CO)c(Cl)n2)cccc1-c1cccc(COc2ccc(CO)c(Cl)n2)c1C. The Labute approximate surface area is 220 Å². The molecule has 0 spiro atoms. The minimum atomic E-state index is -0.170. The molecule has 0 bridgehead atoms. The van der Waals surface area contributed by atoms with Gasteiger partial charge >= 0.3 is 0 Å². The average Bonchev–Trinajstić information content (AvgIpc) is 2.88. The number of nitrogens with zero attached hydrogens (tertiary/aromatic N) is 2. The molecular formula is C28H26Cl2N2O4. The molecule has 0 aliphatic rings. The Kier molecular flexibility index (Phi) is 8.44. The van der Waals surface area contributed by atoms with Crippen molar-refractivity contribution >= 4 is 23.2 Å². The lowest BCUT2D eigenvalue weighted by Gasteiger charge is -2.16. The molecule has 8 heteroatoms. The molecule has 0 atom stereocenters. The summed E-state index contributed by atoms with van der Waals surface area (Å²) in [6.07, 6.45) is 0. The maximum Gasteiger partial charge on any atom is 0.214 e. The van der Waals surface area contributed by atoms with Crippen molar-refractivity contribution in [3.8, 4) is 22.9 Å². The molecule has 2 heterocycles. The highest BCUT2D eigenvalue weighted by Gasteiger charge is 2.13. The number of aromatic nitrogens is 2. The molecule has 36 heavy (non-hydrogen) atoms. The van der Waals surface area contributed by atoms with E-state index in [2.05, 4.69) is 35.9 Å². The van der Waals surface area contributed by atoms with Crippen LogP contribution in [0.3, 0.4) is 0 Å². The maximum absolute atomic E-state index is 9.27. The van der Waals surface area contributed by atoms with Gasteiger partial charge in [-0.05, 0) is 59.4 Å². The molecule has 0 radical (unpaired) electrons. The van der Waals surface area contributed by atoms with Crippen LogP contribution in [0.4, 0.5) is 0 Å². The van der Waals surface area contributed by atoms with Gasteiger partial charge in [0, 0.05) is 23.3 Å². The summed E-state index contributed by atoms with van der Waals surface area (Å²) >= 11 is 12.2. The van der Waals surface area contributed by atoms with Crippen LogP contribution in [-0.4, -0.2) is 20.2 Å². The first-order valence-electron chi connectivity index (χ1n) is 11.4. The van der Waals surface area contributed by atoms with Crippen LogP contribution in [0, 0.1) is 13.8 Å². The smallest absolute Gasteiger partial charge is 0.214 e. The minimum absolute atomic E-state index is 0.170. The zero-order chi connectivity index (χ0) is 25.7. The van der Waals surface area contributed by atoms with Gasteiger partial charge in [-0.2, -0.15) is 0 Å². The van der Waals surface area contributed by atoms with Gasteiger partial charge in [0.1, 0.15) is 23.5 Å². The van der Waals surface area contributed by atoms with Crippen LogP contribution in [0.2, 0.25) is 10.3 Å². The molecule has 0 aliphatic carbocycles. The number of benzene rings is 2.